The standard InChI is InChI=1S/C19H19F2N3O2S/c20-19(21)27-18-15(7-4-9-22-18)17(26)23-14-6-3-5-13(11-14)12-24-10-2-1-8-16(24)25/h3-7,9,11,19H,1-2,8,10,12H2,(H,23,26). The topological polar surface area (TPSA) is 62.3 Å². The summed E-state index contributed by atoms with van der Waals surface area (Å²) in [5, 5.41) is 2.71. The molecule has 1 aromatic carbocycles. The summed E-state index contributed by atoms with van der Waals surface area (Å²) in [5.74, 6) is -3.02. The van der Waals surface area contributed by atoms with Crippen LogP contribution in [-0.4, -0.2) is 34.0 Å². The van der Waals surface area contributed by atoms with E-state index in [1.807, 2.05) is 11.0 Å². The van der Waals surface area contributed by atoms with E-state index in [1.165, 1.54) is 18.3 Å². The molecule has 2 amide bonds. The number of amides is 2. The third-order valence-electron chi connectivity index (χ3n) is 4.20. The summed E-state index contributed by atoms with van der Waals surface area (Å²) in [6.07, 6.45) is 3.86. The van der Waals surface area contributed by atoms with Crippen molar-refractivity contribution in [1.29, 1.82) is 0 Å². The van der Waals surface area contributed by atoms with Gasteiger partial charge in [0, 0.05) is 31.4 Å². The first-order valence-corrected chi connectivity index (χ1v) is 9.49. The minimum absolute atomic E-state index is 0.0138. The highest BCUT2D eigenvalue weighted by molar-refractivity contribution is 7.99. The summed E-state index contributed by atoms with van der Waals surface area (Å²) in [5.41, 5.74) is 1.54. The van der Waals surface area contributed by atoms with E-state index in [0.29, 0.717) is 18.7 Å². The minimum atomic E-state index is -2.66. The number of piperidine rings is 1. The molecule has 0 aliphatic carbocycles. The highest BCUT2D eigenvalue weighted by Crippen LogP contribution is 2.27. The van der Waals surface area contributed by atoms with Crippen molar-refractivity contribution in [2.24, 2.45) is 0 Å². The number of aromatic nitrogens is 1. The van der Waals surface area contributed by atoms with Crippen LogP contribution in [0.1, 0.15) is 35.2 Å². The number of likely N-dealkylation sites (tertiary alicyclic amines) is 1. The molecule has 3 rings (SSSR count). The van der Waals surface area contributed by atoms with Crippen molar-refractivity contribution in [2.45, 2.75) is 36.6 Å². The smallest absolute Gasteiger partial charge is 0.290 e. The number of hydrogen-bond donors (Lipinski definition) is 1. The Hall–Kier alpha value is -2.48. The zero-order valence-electron chi connectivity index (χ0n) is 14.5. The molecule has 0 radical (unpaired) electrons. The van der Waals surface area contributed by atoms with Gasteiger partial charge in [-0.25, -0.2) is 4.98 Å². The van der Waals surface area contributed by atoms with Gasteiger partial charge in [-0.2, -0.15) is 8.78 Å². The first-order chi connectivity index (χ1) is 13.0. The van der Waals surface area contributed by atoms with E-state index in [0.717, 1.165) is 24.9 Å². The lowest BCUT2D eigenvalue weighted by molar-refractivity contribution is -0.133. The van der Waals surface area contributed by atoms with Crippen molar-refractivity contribution in [3.63, 3.8) is 0 Å². The number of nitrogens with one attached hydrogen (secondary N) is 1. The van der Waals surface area contributed by atoms with E-state index < -0.39 is 11.7 Å². The number of rotatable bonds is 6. The number of nitrogens with zero attached hydrogens (tertiary/aromatic N) is 2. The Morgan fingerprint density at radius 1 is 1.26 bits per heavy atom. The van der Waals surface area contributed by atoms with E-state index in [1.54, 1.807) is 18.2 Å². The molecule has 1 fully saturated rings. The molecular formula is C19H19F2N3O2S. The maximum absolute atomic E-state index is 12.7. The maximum Gasteiger partial charge on any atom is 0.290 e. The Bertz CT molecular complexity index is 832. The molecule has 0 saturated carbocycles. The van der Waals surface area contributed by atoms with Crippen LogP contribution in [-0.2, 0) is 11.3 Å². The van der Waals surface area contributed by atoms with Crippen LogP contribution in [0.2, 0.25) is 0 Å². The SMILES string of the molecule is O=C(Nc1cccc(CN2CCCCC2=O)c1)c1cccnc1SC(F)F. The van der Waals surface area contributed by atoms with Crippen LogP contribution in [0.15, 0.2) is 47.6 Å². The van der Waals surface area contributed by atoms with Crippen molar-refractivity contribution < 1.29 is 18.4 Å². The number of halogens is 2. The van der Waals surface area contributed by atoms with Crippen molar-refractivity contribution in [3.8, 4) is 0 Å². The fourth-order valence-corrected chi connectivity index (χ4v) is 3.52. The second-order valence-corrected chi connectivity index (χ2v) is 7.14. The lowest BCUT2D eigenvalue weighted by Crippen LogP contribution is -2.34. The number of benzene rings is 1. The Kier molecular flexibility index (Phi) is 6.39. The lowest BCUT2D eigenvalue weighted by Gasteiger charge is -2.26. The number of carbonyl (C=O) groups excluding carboxylic acids is 2. The van der Waals surface area contributed by atoms with Crippen LogP contribution in [0.5, 0.6) is 0 Å². The number of thioether (sulfide) groups is 1. The lowest BCUT2D eigenvalue weighted by atomic mass is 10.1. The van der Waals surface area contributed by atoms with Crippen molar-refractivity contribution >= 4 is 29.3 Å². The molecule has 1 aromatic heterocycles. The number of anilines is 1. The van der Waals surface area contributed by atoms with Gasteiger partial charge in [0.2, 0.25) is 5.91 Å². The second kappa shape index (κ2) is 8.94. The zero-order valence-corrected chi connectivity index (χ0v) is 15.3. The number of pyridine rings is 1. The predicted molar refractivity (Wildman–Crippen MR) is 99.8 cm³/mol. The van der Waals surface area contributed by atoms with Crippen molar-refractivity contribution in [1.82, 2.24) is 9.88 Å². The summed E-state index contributed by atoms with van der Waals surface area (Å²) < 4.78 is 25.3. The Morgan fingerprint density at radius 3 is 2.89 bits per heavy atom. The van der Waals surface area contributed by atoms with Gasteiger partial charge in [-0.15, -0.1) is 0 Å². The predicted octanol–water partition coefficient (Wildman–Crippen LogP) is 4.16. The van der Waals surface area contributed by atoms with Gasteiger partial charge in [-0.3, -0.25) is 9.59 Å². The van der Waals surface area contributed by atoms with Crippen LogP contribution in [0.3, 0.4) is 0 Å². The minimum Gasteiger partial charge on any atom is -0.338 e. The zero-order chi connectivity index (χ0) is 19.2. The first-order valence-electron chi connectivity index (χ1n) is 8.61. The Labute approximate surface area is 160 Å². The summed E-state index contributed by atoms with van der Waals surface area (Å²) in [6, 6.07) is 10.2. The molecule has 0 atom stereocenters. The Balaban J connectivity index is 1.71. The highest BCUT2D eigenvalue weighted by atomic mass is 32.2. The van der Waals surface area contributed by atoms with Gasteiger partial charge in [-0.1, -0.05) is 12.1 Å². The summed E-state index contributed by atoms with van der Waals surface area (Å²) in [7, 11) is 0. The molecule has 1 aliphatic rings. The molecule has 27 heavy (non-hydrogen) atoms. The second-order valence-electron chi connectivity index (χ2n) is 6.16. The average molecular weight is 391 g/mol. The van der Waals surface area contributed by atoms with E-state index in [4.69, 9.17) is 0 Å². The van der Waals surface area contributed by atoms with Crippen LogP contribution in [0.25, 0.3) is 0 Å². The molecule has 0 unspecified atom stereocenters. The molecule has 0 spiro atoms. The summed E-state index contributed by atoms with van der Waals surface area (Å²) >= 11 is 0.241. The molecule has 1 N–H and O–H groups in total. The Morgan fingerprint density at radius 2 is 2.11 bits per heavy atom. The molecular weight excluding hydrogens is 372 g/mol. The average Bonchev–Trinajstić information content (AvgIpc) is 2.64. The van der Waals surface area contributed by atoms with Crippen LogP contribution >= 0.6 is 11.8 Å². The monoisotopic (exact) mass is 391 g/mol. The number of alkyl halides is 2. The third-order valence-corrected chi connectivity index (χ3v) is 4.92. The van der Waals surface area contributed by atoms with Crippen LogP contribution < -0.4 is 5.32 Å². The molecule has 2 aromatic rings. The maximum atomic E-state index is 12.7. The van der Waals surface area contributed by atoms with Gasteiger partial charge in [0.25, 0.3) is 11.7 Å². The molecule has 8 heteroatoms. The number of carbonyl (C=O) groups is 2. The molecule has 1 saturated heterocycles. The molecule has 0 bridgehead atoms. The van der Waals surface area contributed by atoms with Crippen LogP contribution in [0.4, 0.5) is 14.5 Å². The summed E-state index contributed by atoms with van der Waals surface area (Å²) in [4.78, 5) is 30.1. The molecule has 1 aliphatic heterocycles. The normalized spacial score (nSPS) is 14.5. The quantitative estimate of drug-likeness (QED) is 0.751. The largest absolute Gasteiger partial charge is 0.338 e. The third kappa shape index (κ3) is 5.26. The fraction of sp³-hybridized carbons (Fsp3) is 0.316. The van der Waals surface area contributed by atoms with Crippen LogP contribution in [0, 0.1) is 0 Å². The fourth-order valence-electron chi connectivity index (χ4n) is 2.94. The van der Waals surface area contributed by atoms with E-state index >= 15 is 0 Å². The van der Waals surface area contributed by atoms with Gasteiger partial charge in [0.15, 0.2) is 0 Å². The van der Waals surface area contributed by atoms with Gasteiger partial charge in [-0.05, 0) is 54.4 Å². The van der Waals surface area contributed by atoms with Gasteiger partial charge < -0.3 is 10.2 Å². The first kappa shape index (κ1) is 19.3. The van der Waals surface area contributed by atoms with Crippen molar-refractivity contribution in [2.75, 3.05) is 11.9 Å². The van der Waals surface area contributed by atoms with E-state index in [2.05, 4.69) is 10.3 Å². The molecule has 2 heterocycles. The van der Waals surface area contributed by atoms with E-state index in [-0.39, 0.29) is 28.3 Å². The molecule has 142 valence electrons. The van der Waals surface area contributed by atoms with E-state index in [9.17, 15) is 18.4 Å². The molecule has 5 nitrogen and oxygen atoms in total. The highest BCUT2D eigenvalue weighted by Gasteiger charge is 2.19. The van der Waals surface area contributed by atoms with Gasteiger partial charge >= 0.3 is 0 Å². The van der Waals surface area contributed by atoms with Gasteiger partial charge in [0.1, 0.15) is 5.03 Å². The summed E-state index contributed by atoms with van der Waals surface area (Å²) in [6.45, 7) is 1.22. The number of hydrogen-bond acceptors (Lipinski definition) is 4. The van der Waals surface area contributed by atoms with Crippen molar-refractivity contribution in [3.05, 3.63) is 53.7 Å². The van der Waals surface area contributed by atoms with Gasteiger partial charge in [0.05, 0.1) is 5.56 Å².